The summed E-state index contributed by atoms with van der Waals surface area (Å²) in [6.07, 6.45) is 3.50. The summed E-state index contributed by atoms with van der Waals surface area (Å²) in [6, 6.07) is 8.23. The number of carbonyl (C=O) groups is 1. The highest BCUT2D eigenvalue weighted by atomic mass is 32.1. The first-order valence-corrected chi connectivity index (χ1v) is 15.2. The van der Waals surface area contributed by atoms with Crippen LogP contribution in [-0.4, -0.2) is 68.6 Å². The number of amides is 1. The number of benzene rings is 1. The Balaban J connectivity index is 1.06. The smallest absolute Gasteiger partial charge is 0.367 e. The monoisotopic (exact) mass is 584 g/mol. The maximum atomic E-state index is 12.9. The maximum absolute atomic E-state index is 12.9. The van der Waals surface area contributed by atoms with Gasteiger partial charge in [0.15, 0.2) is 0 Å². The van der Waals surface area contributed by atoms with Crippen molar-refractivity contribution in [3.8, 4) is 0 Å². The number of thiophene rings is 1. The third-order valence-electron chi connectivity index (χ3n) is 8.43. The van der Waals surface area contributed by atoms with Crippen molar-refractivity contribution in [2.75, 3.05) is 31.5 Å². The third-order valence-corrected chi connectivity index (χ3v) is 9.47. The summed E-state index contributed by atoms with van der Waals surface area (Å²) in [7, 11) is 0. The molecule has 4 aromatic rings. The van der Waals surface area contributed by atoms with E-state index in [0.717, 1.165) is 75.3 Å². The van der Waals surface area contributed by atoms with E-state index in [0.29, 0.717) is 22.6 Å². The fraction of sp³-hybridized carbons (Fsp3) is 0.500. The van der Waals surface area contributed by atoms with Crippen molar-refractivity contribution in [3.63, 3.8) is 0 Å². The van der Waals surface area contributed by atoms with E-state index in [2.05, 4.69) is 49.9 Å². The van der Waals surface area contributed by atoms with E-state index in [1.807, 2.05) is 11.1 Å². The Morgan fingerprint density at radius 2 is 1.83 bits per heavy atom. The van der Waals surface area contributed by atoms with Crippen LogP contribution in [0, 0.1) is 6.92 Å². The predicted octanol–water partition coefficient (Wildman–Crippen LogP) is 6.15. The quantitative estimate of drug-likeness (QED) is 0.282. The number of fused-ring (bicyclic) bond motifs is 2. The van der Waals surface area contributed by atoms with Gasteiger partial charge in [0.2, 0.25) is 5.91 Å². The molecule has 2 aliphatic heterocycles. The van der Waals surface area contributed by atoms with E-state index in [1.165, 1.54) is 29.3 Å². The zero-order chi connectivity index (χ0) is 28.6. The minimum atomic E-state index is -4.24. The second-order valence-corrected chi connectivity index (χ2v) is 12.4. The summed E-state index contributed by atoms with van der Waals surface area (Å²) in [5.74, 6) is 0.812. The number of nitrogens with one attached hydrogen (secondary N) is 1. The molecule has 11 heteroatoms. The molecule has 1 N–H and O–H groups in total. The SMILES string of the molecule is Cc1c(CN2CCC(Nc3ncnc4sc(CC(F)(F)F)cc34)CC2)ccc2c1ccn2CC(=O)N1CCCCC1. The number of rotatable bonds is 7. The molecule has 0 saturated carbocycles. The van der Waals surface area contributed by atoms with Crippen molar-refractivity contribution in [1.29, 1.82) is 0 Å². The van der Waals surface area contributed by atoms with E-state index >= 15 is 0 Å². The van der Waals surface area contributed by atoms with Crippen molar-refractivity contribution in [2.24, 2.45) is 0 Å². The zero-order valence-corrected chi connectivity index (χ0v) is 24.0. The lowest BCUT2D eigenvalue weighted by atomic mass is 10.0. The molecule has 6 rings (SSSR count). The van der Waals surface area contributed by atoms with Crippen LogP contribution in [0.3, 0.4) is 0 Å². The fourth-order valence-electron chi connectivity index (χ4n) is 6.14. The van der Waals surface area contributed by atoms with Crippen LogP contribution in [0.2, 0.25) is 0 Å². The molecule has 1 aromatic carbocycles. The van der Waals surface area contributed by atoms with Crippen molar-refractivity contribution in [2.45, 2.75) is 70.8 Å². The van der Waals surface area contributed by atoms with Crippen LogP contribution < -0.4 is 5.32 Å². The molecular weight excluding hydrogens is 549 g/mol. The Bertz CT molecular complexity index is 1530. The highest BCUT2D eigenvalue weighted by molar-refractivity contribution is 7.18. The molecule has 0 aliphatic carbocycles. The Labute approximate surface area is 241 Å². The van der Waals surface area contributed by atoms with Crippen LogP contribution in [0.25, 0.3) is 21.1 Å². The van der Waals surface area contributed by atoms with Gasteiger partial charge in [-0.05, 0) is 68.4 Å². The van der Waals surface area contributed by atoms with E-state index in [1.54, 1.807) is 6.07 Å². The third kappa shape index (κ3) is 6.35. The molecule has 2 aliphatic rings. The normalized spacial score (nSPS) is 17.5. The molecule has 0 bridgehead atoms. The van der Waals surface area contributed by atoms with Gasteiger partial charge < -0.3 is 14.8 Å². The maximum Gasteiger partial charge on any atom is 0.393 e. The average molecular weight is 585 g/mol. The van der Waals surface area contributed by atoms with E-state index in [4.69, 9.17) is 0 Å². The van der Waals surface area contributed by atoms with Gasteiger partial charge in [0, 0.05) is 60.7 Å². The number of nitrogens with zero attached hydrogens (tertiary/aromatic N) is 5. The molecule has 2 saturated heterocycles. The Morgan fingerprint density at radius 3 is 2.59 bits per heavy atom. The summed E-state index contributed by atoms with van der Waals surface area (Å²) in [4.78, 5) is 26.6. The molecule has 1 amide bonds. The van der Waals surface area contributed by atoms with E-state index in [9.17, 15) is 18.0 Å². The zero-order valence-electron chi connectivity index (χ0n) is 23.2. The lowest BCUT2D eigenvalue weighted by molar-refractivity contribution is -0.132. The Kier molecular flexibility index (Phi) is 7.91. The highest BCUT2D eigenvalue weighted by Gasteiger charge is 2.29. The summed E-state index contributed by atoms with van der Waals surface area (Å²) >= 11 is 1.07. The number of aromatic nitrogens is 3. The first-order chi connectivity index (χ1) is 19.7. The summed E-state index contributed by atoms with van der Waals surface area (Å²) in [5.41, 5.74) is 3.64. The molecule has 3 aromatic heterocycles. The second kappa shape index (κ2) is 11.6. The van der Waals surface area contributed by atoms with Gasteiger partial charge in [-0.1, -0.05) is 6.07 Å². The van der Waals surface area contributed by atoms with Gasteiger partial charge in [0.1, 0.15) is 23.5 Å². The van der Waals surface area contributed by atoms with Crippen LogP contribution in [0.4, 0.5) is 19.0 Å². The van der Waals surface area contributed by atoms with Gasteiger partial charge in [-0.25, -0.2) is 9.97 Å². The van der Waals surface area contributed by atoms with Crippen LogP contribution in [0.5, 0.6) is 0 Å². The number of hydrogen-bond acceptors (Lipinski definition) is 6. The van der Waals surface area contributed by atoms with Crippen LogP contribution in [0.1, 0.15) is 48.1 Å². The number of aryl methyl sites for hydroxylation is 1. The molecule has 0 atom stereocenters. The minimum absolute atomic E-state index is 0.198. The number of likely N-dealkylation sites (tertiary alicyclic amines) is 2. The predicted molar refractivity (Wildman–Crippen MR) is 156 cm³/mol. The lowest BCUT2D eigenvalue weighted by Gasteiger charge is -2.33. The van der Waals surface area contributed by atoms with Gasteiger partial charge >= 0.3 is 6.18 Å². The van der Waals surface area contributed by atoms with Crippen molar-refractivity contribution >= 4 is 44.2 Å². The molecule has 7 nitrogen and oxygen atoms in total. The van der Waals surface area contributed by atoms with Gasteiger partial charge in [-0.3, -0.25) is 9.69 Å². The molecule has 2 fully saturated rings. The minimum Gasteiger partial charge on any atom is -0.367 e. The Morgan fingerprint density at radius 1 is 1.05 bits per heavy atom. The first-order valence-electron chi connectivity index (χ1n) is 14.4. The molecule has 218 valence electrons. The standard InChI is InChI=1S/C30H35F3N6OS/c1-20-21(5-6-26-24(20)9-14-39(26)18-27(40)38-10-3-2-4-11-38)17-37-12-7-22(8-13-37)36-28-25-15-23(16-30(31,32)33)41-29(25)35-19-34-28/h5-6,9,14-15,19,22H,2-4,7-8,10-13,16-18H2,1H3,(H,34,35,36). The van der Waals surface area contributed by atoms with Crippen LogP contribution in [-0.2, 0) is 24.3 Å². The topological polar surface area (TPSA) is 66.3 Å². The lowest BCUT2D eigenvalue weighted by Crippen LogP contribution is -2.39. The number of alkyl halides is 3. The summed E-state index contributed by atoms with van der Waals surface area (Å²) in [5, 5.41) is 5.33. The number of hydrogen-bond donors (Lipinski definition) is 1. The van der Waals surface area contributed by atoms with Crippen LogP contribution in [0.15, 0.2) is 36.8 Å². The molecule has 0 spiro atoms. The van der Waals surface area contributed by atoms with Crippen LogP contribution >= 0.6 is 11.3 Å². The molecular formula is C30H35F3N6OS. The van der Waals surface area contributed by atoms with Crippen molar-refractivity contribution in [3.05, 3.63) is 52.8 Å². The van der Waals surface area contributed by atoms with Gasteiger partial charge in [0.05, 0.1) is 11.8 Å². The largest absolute Gasteiger partial charge is 0.393 e. The summed E-state index contributed by atoms with van der Waals surface area (Å²) < 4.78 is 40.7. The van der Waals surface area contributed by atoms with E-state index in [-0.39, 0.29) is 16.8 Å². The second-order valence-electron chi connectivity index (χ2n) is 11.3. The Hall–Kier alpha value is -3.18. The van der Waals surface area contributed by atoms with Gasteiger partial charge in [-0.15, -0.1) is 11.3 Å². The molecule has 0 unspecified atom stereocenters. The fourth-order valence-corrected chi connectivity index (χ4v) is 7.16. The molecule has 41 heavy (non-hydrogen) atoms. The summed E-state index contributed by atoms with van der Waals surface area (Å²) in [6.45, 7) is 6.97. The van der Waals surface area contributed by atoms with E-state index < -0.39 is 12.6 Å². The van der Waals surface area contributed by atoms with Crippen molar-refractivity contribution < 1.29 is 18.0 Å². The number of carbonyl (C=O) groups excluding carboxylic acids is 1. The van der Waals surface area contributed by atoms with Crippen molar-refractivity contribution in [1.82, 2.24) is 24.3 Å². The first kappa shape index (κ1) is 28.0. The number of piperidine rings is 2. The number of anilines is 1. The number of halogens is 3. The van der Waals surface area contributed by atoms with Gasteiger partial charge in [0.25, 0.3) is 0 Å². The molecule has 0 radical (unpaired) electrons. The van der Waals surface area contributed by atoms with Gasteiger partial charge in [-0.2, -0.15) is 13.2 Å². The average Bonchev–Trinajstić information content (AvgIpc) is 3.55. The molecule has 5 heterocycles. The highest BCUT2D eigenvalue weighted by Crippen LogP contribution is 2.33.